The summed E-state index contributed by atoms with van der Waals surface area (Å²) in [7, 11) is -3.71. The highest BCUT2D eigenvalue weighted by Crippen LogP contribution is 2.31. The van der Waals surface area contributed by atoms with Crippen molar-refractivity contribution in [1.82, 2.24) is 10.2 Å². The van der Waals surface area contributed by atoms with Gasteiger partial charge in [0, 0.05) is 37.0 Å². The maximum absolute atomic E-state index is 13.9. The number of sulfonamides is 1. The number of rotatable bonds is 14. The number of amides is 2. The Morgan fingerprint density at radius 2 is 1.62 bits per heavy atom. The number of aryl methyl sites for hydroxylation is 1. The smallest absolute Gasteiger partial charge is 0.243 e. The van der Waals surface area contributed by atoms with Crippen molar-refractivity contribution < 1.29 is 18.0 Å². The Balaban J connectivity index is 1.90. The van der Waals surface area contributed by atoms with Crippen molar-refractivity contribution in [2.45, 2.75) is 65.1 Å². The number of carbonyl (C=O) groups excluding carboxylic acids is 2. The zero-order valence-corrected chi connectivity index (χ0v) is 26.8. The second-order valence-electron chi connectivity index (χ2n) is 10.6. The minimum atomic E-state index is -3.71. The van der Waals surface area contributed by atoms with Gasteiger partial charge in [0.05, 0.1) is 17.0 Å². The molecule has 226 valence electrons. The number of benzene rings is 3. The molecular weight excluding hydrogens is 593 g/mol. The van der Waals surface area contributed by atoms with Gasteiger partial charge in [0.1, 0.15) is 6.04 Å². The summed E-state index contributed by atoms with van der Waals surface area (Å²) in [4.78, 5) is 29.2. The van der Waals surface area contributed by atoms with E-state index in [9.17, 15) is 18.0 Å². The molecule has 0 aromatic heterocycles. The third kappa shape index (κ3) is 9.75. The van der Waals surface area contributed by atoms with Crippen LogP contribution in [0.4, 0.5) is 5.69 Å². The van der Waals surface area contributed by atoms with Crippen LogP contribution in [0.3, 0.4) is 0 Å². The first-order valence-electron chi connectivity index (χ1n) is 14.0. The van der Waals surface area contributed by atoms with Gasteiger partial charge in [-0.3, -0.25) is 13.9 Å². The number of nitrogens with one attached hydrogen (secondary N) is 1. The van der Waals surface area contributed by atoms with Gasteiger partial charge in [-0.2, -0.15) is 0 Å². The van der Waals surface area contributed by atoms with Crippen LogP contribution >= 0.6 is 23.2 Å². The van der Waals surface area contributed by atoms with Gasteiger partial charge in [0.25, 0.3) is 0 Å². The van der Waals surface area contributed by atoms with E-state index in [0.717, 1.165) is 33.7 Å². The topological polar surface area (TPSA) is 86.8 Å². The largest absolute Gasteiger partial charge is 0.352 e. The third-order valence-corrected chi connectivity index (χ3v) is 8.81. The van der Waals surface area contributed by atoms with E-state index in [1.165, 1.54) is 12.1 Å². The Labute approximate surface area is 259 Å². The Kier molecular flexibility index (Phi) is 12.3. The minimum Gasteiger partial charge on any atom is -0.352 e. The van der Waals surface area contributed by atoms with Crippen LogP contribution < -0.4 is 9.62 Å². The molecule has 0 aliphatic carbocycles. The van der Waals surface area contributed by atoms with Crippen LogP contribution in [0.25, 0.3) is 0 Å². The summed E-state index contributed by atoms with van der Waals surface area (Å²) in [5, 5.41) is 3.64. The standard InChI is InChI=1S/C32H39Cl2N3O4S/c1-5-24(3)35-32(39)30(20-25-10-7-6-8-11-25)36(22-26-15-13-23(2)14-16-26)31(38)12-9-19-37(42(4,40)41)29-21-27(33)17-18-28(29)34/h6-8,10-11,13-18,21,24,30H,5,9,12,19-20,22H2,1-4H3,(H,35,39)/t24-,30-/m1/s1. The first-order chi connectivity index (χ1) is 19.9. The van der Waals surface area contributed by atoms with Gasteiger partial charge in [-0.25, -0.2) is 8.42 Å². The molecule has 0 radical (unpaired) electrons. The van der Waals surface area contributed by atoms with Crippen LogP contribution in [0.2, 0.25) is 10.0 Å². The van der Waals surface area contributed by atoms with Crippen molar-refractivity contribution in [2.75, 3.05) is 17.1 Å². The van der Waals surface area contributed by atoms with Crippen molar-refractivity contribution in [3.63, 3.8) is 0 Å². The summed E-state index contributed by atoms with van der Waals surface area (Å²) in [5.41, 5.74) is 3.17. The SMILES string of the molecule is CC[C@@H](C)NC(=O)[C@@H](Cc1ccccc1)N(Cc1ccc(C)cc1)C(=O)CCCN(c1cc(Cl)ccc1Cl)S(C)(=O)=O. The zero-order valence-electron chi connectivity index (χ0n) is 24.5. The quantitative estimate of drug-likeness (QED) is 0.223. The van der Waals surface area contributed by atoms with E-state index in [1.54, 1.807) is 11.0 Å². The molecule has 0 spiro atoms. The lowest BCUT2D eigenvalue weighted by Crippen LogP contribution is -2.52. The predicted octanol–water partition coefficient (Wildman–Crippen LogP) is 6.40. The number of hydrogen-bond donors (Lipinski definition) is 1. The van der Waals surface area contributed by atoms with Gasteiger partial charge in [0.15, 0.2) is 0 Å². The molecule has 3 aromatic carbocycles. The van der Waals surface area contributed by atoms with Crippen molar-refractivity contribution in [2.24, 2.45) is 0 Å². The van der Waals surface area contributed by atoms with Crippen LogP contribution in [0.15, 0.2) is 72.8 Å². The maximum Gasteiger partial charge on any atom is 0.243 e. The number of carbonyl (C=O) groups is 2. The molecule has 2 amide bonds. The average Bonchev–Trinajstić information content (AvgIpc) is 2.95. The molecule has 2 atom stereocenters. The number of anilines is 1. The maximum atomic E-state index is 13.9. The third-order valence-electron chi connectivity index (χ3n) is 7.07. The lowest BCUT2D eigenvalue weighted by molar-refractivity contribution is -0.141. The highest BCUT2D eigenvalue weighted by Gasteiger charge is 2.31. The Bertz CT molecular complexity index is 1450. The highest BCUT2D eigenvalue weighted by atomic mass is 35.5. The Hall–Kier alpha value is -3.07. The Morgan fingerprint density at radius 1 is 0.952 bits per heavy atom. The Morgan fingerprint density at radius 3 is 2.24 bits per heavy atom. The molecule has 0 saturated heterocycles. The second kappa shape index (κ2) is 15.4. The summed E-state index contributed by atoms with van der Waals surface area (Å²) in [6, 6.07) is 21.3. The van der Waals surface area contributed by atoms with E-state index in [2.05, 4.69) is 5.32 Å². The summed E-state index contributed by atoms with van der Waals surface area (Å²) < 4.78 is 26.5. The van der Waals surface area contributed by atoms with Gasteiger partial charge in [0.2, 0.25) is 21.8 Å². The van der Waals surface area contributed by atoms with E-state index >= 15 is 0 Å². The molecule has 0 bridgehead atoms. The van der Waals surface area contributed by atoms with Gasteiger partial charge < -0.3 is 10.2 Å². The summed E-state index contributed by atoms with van der Waals surface area (Å²) in [6.07, 6.45) is 2.42. The van der Waals surface area contributed by atoms with Gasteiger partial charge in [-0.1, -0.05) is 90.3 Å². The van der Waals surface area contributed by atoms with E-state index in [0.29, 0.717) is 11.4 Å². The van der Waals surface area contributed by atoms with Crippen molar-refractivity contribution in [3.05, 3.63) is 99.5 Å². The van der Waals surface area contributed by atoms with Crippen molar-refractivity contribution >= 4 is 50.7 Å². The van der Waals surface area contributed by atoms with Crippen molar-refractivity contribution in [1.29, 1.82) is 0 Å². The van der Waals surface area contributed by atoms with Crippen LogP contribution in [-0.2, 0) is 32.6 Å². The number of hydrogen-bond acceptors (Lipinski definition) is 4. The van der Waals surface area contributed by atoms with Gasteiger partial charge >= 0.3 is 0 Å². The zero-order chi connectivity index (χ0) is 30.9. The first-order valence-corrected chi connectivity index (χ1v) is 16.6. The molecular formula is C32H39Cl2N3O4S. The summed E-state index contributed by atoms with van der Waals surface area (Å²) in [6.45, 7) is 6.17. The number of halogens is 2. The monoisotopic (exact) mass is 631 g/mol. The van der Waals surface area contributed by atoms with Crippen LogP contribution in [-0.4, -0.2) is 50.0 Å². The molecule has 0 unspecified atom stereocenters. The minimum absolute atomic E-state index is 0.0193. The summed E-state index contributed by atoms with van der Waals surface area (Å²) in [5.74, 6) is -0.474. The molecule has 3 rings (SSSR count). The second-order valence-corrected chi connectivity index (χ2v) is 13.3. The summed E-state index contributed by atoms with van der Waals surface area (Å²) >= 11 is 12.4. The molecule has 0 aliphatic rings. The molecule has 0 aliphatic heterocycles. The molecule has 3 aromatic rings. The molecule has 0 fully saturated rings. The molecule has 10 heteroatoms. The first kappa shape index (κ1) is 33.4. The fourth-order valence-electron chi connectivity index (χ4n) is 4.54. The number of nitrogens with zero attached hydrogens (tertiary/aromatic N) is 2. The predicted molar refractivity (Wildman–Crippen MR) is 171 cm³/mol. The lowest BCUT2D eigenvalue weighted by atomic mass is 10.0. The molecule has 42 heavy (non-hydrogen) atoms. The van der Waals surface area contributed by atoms with E-state index in [4.69, 9.17) is 23.2 Å². The molecule has 0 saturated carbocycles. The van der Waals surface area contributed by atoms with E-state index < -0.39 is 16.1 Å². The molecule has 7 nitrogen and oxygen atoms in total. The fraction of sp³-hybridized carbons (Fsp3) is 0.375. The molecule has 0 heterocycles. The van der Waals surface area contributed by atoms with E-state index in [1.807, 2.05) is 75.4 Å². The fourth-order valence-corrected chi connectivity index (χ4v) is 5.95. The van der Waals surface area contributed by atoms with Gasteiger partial charge in [-0.05, 0) is 56.0 Å². The lowest BCUT2D eigenvalue weighted by Gasteiger charge is -2.33. The average molecular weight is 633 g/mol. The van der Waals surface area contributed by atoms with Crippen LogP contribution in [0.1, 0.15) is 49.8 Å². The van der Waals surface area contributed by atoms with E-state index in [-0.39, 0.29) is 54.5 Å². The normalized spacial score (nSPS) is 12.8. The van der Waals surface area contributed by atoms with Gasteiger partial charge in [-0.15, -0.1) is 0 Å². The van der Waals surface area contributed by atoms with Crippen molar-refractivity contribution in [3.8, 4) is 0 Å². The van der Waals surface area contributed by atoms with Crippen LogP contribution in [0.5, 0.6) is 0 Å². The highest BCUT2D eigenvalue weighted by molar-refractivity contribution is 7.92. The van der Waals surface area contributed by atoms with Crippen LogP contribution in [0, 0.1) is 6.92 Å². The molecule has 1 N–H and O–H groups in total.